The summed E-state index contributed by atoms with van der Waals surface area (Å²) in [7, 11) is 0. The van der Waals surface area contributed by atoms with E-state index in [0.29, 0.717) is 5.02 Å². The van der Waals surface area contributed by atoms with Crippen molar-refractivity contribution in [1.29, 1.82) is 0 Å². The summed E-state index contributed by atoms with van der Waals surface area (Å²) in [6, 6.07) is 7.23. The van der Waals surface area contributed by atoms with Crippen LogP contribution in [-0.4, -0.2) is 5.91 Å². The molecule has 1 rings (SSSR count). The fraction of sp³-hybridized carbons (Fsp3) is 0.250. The van der Waals surface area contributed by atoms with Gasteiger partial charge in [0, 0.05) is 23.8 Å². The maximum atomic E-state index is 11.4. The van der Waals surface area contributed by atoms with E-state index in [9.17, 15) is 4.79 Å². The monoisotopic (exact) mass is 223 g/mol. The lowest BCUT2D eigenvalue weighted by Gasteiger charge is -2.17. The topological polar surface area (TPSA) is 20.3 Å². The summed E-state index contributed by atoms with van der Waals surface area (Å²) in [5.74, 6) is -0.0292. The number of hydrogen-bond donors (Lipinski definition) is 0. The van der Waals surface area contributed by atoms with E-state index in [-0.39, 0.29) is 5.91 Å². The molecule has 0 saturated carbocycles. The van der Waals surface area contributed by atoms with Crippen LogP contribution in [0.4, 0.5) is 5.69 Å². The van der Waals surface area contributed by atoms with Crippen LogP contribution < -0.4 is 4.90 Å². The highest BCUT2D eigenvalue weighted by molar-refractivity contribution is 6.30. The van der Waals surface area contributed by atoms with E-state index in [2.05, 4.69) is 0 Å². The molecule has 15 heavy (non-hydrogen) atoms. The lowest BCUT2D eigenvalue weighted by Crippen LogP contribution is -2.22. The van der Waals surface area contributed by atoms with Gasteiger partial charge in [-0.2, -0.15) is 0 Å². The van der Waals surface area contributed by atoms with Crippen molar-refractivity contribution in [3.63, 3.8) is 0 Å². The highest BCUT2D eigenvalue weighted by Gasteiger charge is 2.08. The first-order chi connectivity index (χ1) is 7.00. The van der Waals surface area contributed by atoms with Crippen LogP contribution in [0.5, 0.6) is 0 Å². The normalized spacial score (nSPS) is 9.60. The fourth-order valence-corrected chi connectivity index (χ4v) is 1.42. The van der Waals surface area contributed by atoms with Gasteiger partial charge >= 0.3 is 0 Å². The van der Waals surface area contributed by atoms with Crippen molar-refractivity contribution in [2.24, 2.45) is 0 Å². The standard InChI is InChI=1S/C12H14ClNO/c1-9(2)8-14(10(3)15)12-6-4-5-11(13)7-12/h4-8H,1-3H3. The Morgan fingerprint density at radius 1 is 1.33 bits per heavy atom. The molecule has 0 saturated heterocycles. The van der Waals surface area contributed by atoms with Gasteiger partial charge in [-0.25, -0.2) is 0 Å². The molecule has 80 valence electrons. The van der Waals surface area contributed by atoms with E-state index in [1.165, 1.54) is 6.92 Å². The Morgan fingerprint density at radius 2 is 2.00 bits per heavy atom. The maximum Gasteiger partial charge on any atom is 0.227 e. The Hall–Kier alpha value is -1.28. The molecule has 1 amide bonds. The molecule has 2 nitrogen and oxygen atoms in total. The van der Waals surface area contributed by atoms with E-state index < -0.39 is 0 Å². The fourth-order valence-electron chi connectivity index (χ4n) is 1.23. The van der Waals surface area contributed by atoms with E-state index in [0.717, 1.165) is 11.3 Å². The maximum absolute atomic E-state index is 11.4. The molecule has 0 aliphatic rings. The zero-order valence-electron chi connectivity index (χ0n) is 9.12. The Balaban J connectivity index is 3.10. The van der Waals surface area contributed by atoms with Crippen molar-refractivity contribution in [3.05, 3.63) is 41.1 Å². The van der Waals surface area contributed by atoms with Crippen molar-refractivity contribution in [1.82, 2.24) is 0 Å². The Labute approximate surface area is 95.2 Å². The smallest absolute Gasteiger partial charge is 0.227 e. The van der Waals surface area contributed by atoms with E-state index in [4.69, 9.17) is 11.6 Å². The predicted octanol–water partition coefficient (Wildman–Crippen LogP) is 3.62. The van der Waals surface area contributed by atoms with Crippen LogP contribution in [0.15, 0.2) is 36.0 Å². The van der Waals surface area contributed by atoms with Gasteiger partial charge in [-0.05, 0) is 32.0 Å². The van der Waals surface area contributed by atoms with Crippen LogP contribution in [0.3, 0.4) is 0 Å². The van der Waals surface area contributed by atoms with Crippen molar-refractivity contribution in [3.8, 4) is 0 Å². The van der Waals surface area contributed by atoms with E-state index in [1.807, 2.05) is 26.0 Å². The third-order valence-electron chi connectivity index (χ3n) is 1.81. The summed E-state index contributed by atoms with van der Waals surface area (Å²) < 4.78 is 0. The summed E-state index contributed by atoms with van der Waals surface area (Å²) in [5.41, 5.74) is 1.85. The largest absolute Gasteiger partial charge is 0.288 e. The number of nitrogens with zero attached hydrogens (tertiary/aromatic N) is 1. The summed E-state index contributed by atoms with van der Waals surface area (Å²) >= 11 is 5.87. The Morgan fingerprint density at radius 3 is 2.47 bits per heavy atom. The quantitative estimate of drug-likeness (QED) is 0.750. The van der Waals surface area contributed by atoms with Crippen LogP contribution in [-0.2, 0) is 4.79 Å². The number of hydrogen-bond acceptors (Lipinski definition) is 1. The van der Waals surface area contributed by atoms with Gasteiger partial charge in [-0.15, -0.1) is 0 Å². The number of carbonyl (C=O) groups excluding carboxylic acids is 1. The summed E-state index contributed by atoms with van der Waals surface area (Å²) in [6.45, 7) is 5.42. The molecule has 0 aliphatic carbocycles. The molecule has 1 aromatic carbocycles. The zero-order chi connectivity index (χ0) is 11.4. The van der Waals surface area contributed by atoms with Crippen molar-refractivity contribution in [2.75, 3.05) is 4.90 Å². The highest BCUT2D eigenvalue weighted by atomic mass is 35.5. The minimum atomic E-state index is -0.0292. The molecule has 0 radical (unpaired) electrons. The van der Waals surface area contributed by atoms with Crippen LogP contribution in [0.25, 0.3) is 0 Å². The second kappa shape index (κ2) is 4.99. The van der Waals surface area contributed by atoms with Crippen molar-refractivity contribution < 1.29 is 4.79 Å². The number of rotatable bonds is 2. The number of benzene rings is 1. The third-order valence-corrected chi connectivity index (χ3v) is 2.05. The molecule has 0 heterocycles. The molecule has 0 N–H and O–H groups in total. The minimum Gasteiger partial charge on any atom is -0.288 e. The second-order valence-electron chi connectivity index (χ2n) is 3.58. The van der Waals surface area contributed by atoms with E-state index in [1.54, 1.807) is 23.2 Å². The SMILES string of the molecule is CC(=O)N(C=C(C)C)c1cccc(Cl)c1. The Kier molecular flexibility index (Phi) is 3.92. The lowest BCUT2D eigenvalue weighted by atomic mass is 10.2. The molecule has 0 atom stereocenters. The van der Waals surface area contributed by atoms with Crippen LogP contribution in [0.1, 0.15) is 20.8 Å². The molecule has 0 aliphatic heterocycles. The van der Waals surface area contributed by atoms with Crippen molar-refractivity contribution in [2.45, 2.75) is 20.8 Å². The first-order valence-corrected chi connectivity index (χ1v) is 5.09. The van der Waals surface area contributed by atoms with Gasteiger partial charge in [-0.3, -0.25) is 9.69 Å². The summed E-state index contributed by atoms with van der Waals surface area (Å²) in [6.07, 6.45) is 1.80. The second-order valence-corrected chi connectivity index (χ2v) is 4.01. The third kappa shape index (κ3) is 3.40. The molecule has 0 bridgehead atoms. The molecule has 0 unspecified atom stereocenters. The van der Waals surface area contributed by atoms with Crippen LogP contribution in [0, 0.1) is 0 Å². The van der Waals surface area contributed by atoms with Crippen LogP contribution in [0.2, 0.25) is 5.02 Å². The van der Waals surface area contributed by atoms with E-state index >= 15 is 0 Å². The molecule has 0 fully saturated rings. The molecular weight excluding hydrogens is 210 g/mol. The molecule has 1 aromatic rings. The van der Waals surface area contributed by atoms with Gasteiger partial charge in [-0.1, -0.05) is 23.2 Å². The zero-order valence-corrected chi connectivity index (χ0v) is 9.88. The predicted molar refractivity (Wildman–Crippen MR) is 64.0 cm³/mol. The number of allylic oxidation sites excluding steroid dienone is 1. The molecule has 0 aromatic heterocycles. The van der Waals surface area contributed by atoms with Crippen molar-refractivity contribution >= 4 is 23.2 Å². The van der Waals surface area contributed by atoms with Gasteiger partial charge in [0.05, 0.1) is 0 Å². The first kappa shape index (κ1) is 11.8. The molecule has 3 heteroatoms. The minimum absolute atomic E-state index is 0.0292. The first-order valence-electron chi connectivity index (χ1n) is 4.71. The van der Waals surface area contributed by atoms with Gasteiger partial charge < -0.3 is 0 Å². The molecular formula is C12H14ClNO. The number of halogens is 1. The van der Waals surface area contributed by atoms with Gasteiger partial charge in [0.1, 0.15) is 0 Å². The summed E-state index contributed by atoms with van der Waals surface area (Å²) in [5, 5.41) is 0.626. The molecule has 0 spiro atoms. The van der Waals surface area contributed by atoms with Gasteiger partial charge in [0.25, 0.3) is 0 Å². The highest BCUT2D eigenvalue weighted by Crippen LogP contribution is 2.20. The van der Waals surface area contributed by atoms with Gasteiger partial charge in [0.2, 0.25) is 5.91 Å². The lowest BCUT2D eigenvalue weighted by molar-refractivity contribution is -0.116. The Bertz CT molecular complexity index is 394. The average molecular weight is 224 g/mol. The summed E-state index contributed by atoms with van der Waals surface area (Å²) in [4.78, 5) is 13.0. The van der Waals surface area contributed by atoms with Gasteiger partial charge in [0.15, 0.2) is 0 Å². The number of carbonyl (C=O) groups is 1. The average Bonchev–Trinajstić information content (AvgIpc) is 2.13. The number of anilines is 1. The number of amides is 1. The van der Waals surface area contributed by atoms with Crippen LogP contribution >= 0.6 is 11.6 Å².